The molecule has 1 aromatic heterocycles. The minimum absolute atomic E-state index is 0.282. The van der Waals surface area contributed by atoms with Crippen LogP contribution in [-0.4, -0.2) is 5.91 Å². The third-order valence-electron chi connectivity index (χ3n) is 3.44. The molecule has 3 nitrogen and oxygen atoms in total. The lowest BCUT2D eigenvalue weighted by Gasteiger charge is -2.06. The van der Waals surface area contributed by atoms with Gasteiger partial charge in [0.1, 0.15) is 11.5 Å². The Morgan fingerprint density at radius 3 is 2.22 bits per heavy atom. The van der Waals surface area contributed by atoms with E-state index in [0.717, 1.165) is 5.56 Å². The zero-order chi connectivity index (χ0) is 19.6. The fourth-order valence-electron chi connectivity index (χ4n) is 2.24. The zero-order valence-electron chi connectivity index (χ0n) is 13.4. The van der Waals surface area contributed by atoms with E-state index in [1.54, 1.807) is 30.3 Å². The molecule has 0 aliphatic rings. The molecule has 0 atom stereocenters. The second-order valence-electron chi connectivity index (χ2n) is 5.43. The Bertz CT molecular complexity index is 1020. The van der Waals surface area contributed by atoms with Crippen LogP contribution < -0.4 is 5.32 Å². The van der Waals surface area contributed by atoms with E-state index in [9.17, 15) is 4.79 Å². The molecule has 8 heteroatoms. The van der Waals surface area contributed by atoms with E-state index < -0.39 is 5.91 Å². The van der Waals surface area contributed by atoms with Gasteiger partial charge in [0, 0.05) is 21.7 Å². The van der Waals surface area contributed by atoms with Crippen molar-refractivity contribution in [1.29, 1.82) is 0 Å². The Morgan fingerprint density at radius 2 is 1.52 bits per heavy atom. The Labute approximate surface area is 180 Å². The molecular weight excluding hydrogens is 451 g/mol. The van der Waals surface area contributed by atoms with Crippen molar-refractivity contribution in [3.63, 3.8) is 0 Å². The summed E-state index contributed by atoms with van der Waals surface area (Å²) in [5, 5.41) is 4.51. The van der Waals surface area contributed by atoms with Crippen molar-refractivity contribution in [2.75, 3.05) is 5.32 Å². The van der Waals surface area contributed by atoms with Gasteiger partial charge in [-0.05, 0) is 48.5 Å². The molecule has 1 amide bonds. The molecule has 0 aliphatic carbocycles. The van der Waals surface area contributed by atoms with E-state index in [0.29, 0.717) is 32.3 Å². The van der Waals surface area contributed by atoms with E-state index in [1.807, 2.05) is 0 Å². The van der Waals surface area contributed by atoms with Crippen LogP contribution >= 0.6 is 58.0 Å². The first-order valence-electron chi connectivity index (χ1n) is 7.52. The van der Waals surface area contributed by atoms with Gasteiger partial charge in [-0.15, -0.1) is 0 Å². The first-order chi connectivity index (χ1) is 12.8. The Morgan fingerprint density at radius 1 is 0.852 bits per heavy atom. The summed E-state index contributed by atoms with van der Waals surface area (Å²) in [5.74, 6) is 0.655. The molecule has 0 aliphatic heterocycles. The molecule has 2 aromatic carbocycles. The number of carbonyl (C=O) groups is 1. The van der Waals surface area contributed by atoms with E-state index >= 15 is 0 Å². The van der Waals surface area contributed by atoms with Crippen molar-refractivity contribution in [2.24, 2.45) is 0 Å². The summed E-state index contributed by atoms with van der Waals surface area (Å²) < 4.78 is 5.69. The predicted octanol–water partition coefficient (Wildman–Crippen LogP) is 7.87. The molecule has 3 rings (SSSR count). The monoisotopic (exact) mass is 459 g/mol. The number of halogens is 5. The molecule has 0 unspecified atom stereocenters. The van der Waals surface area contributed by atoms with Gasteiger partial charge in [-0.2, -0.15) is 0 Å². The van der Waals surface area contributed by atoms with Crippen LogP contribution in [-0.2, 0) is 4.79 Å². The number of nitrogens with one attached hydrogen (secondary N) is 1. The lowest BCUT2D eigenvalue weighted by Crippen LogP contribution is -2.08. The van der Waals surface area contributed by atoms with Gasteiger partial charge < -0.3 is 9.73 Å². The number of hydrogen-bond acceptors (Lipinski definition) is 2. The highest BCUT2D eigenvalue weighted by Crippen LogP contribution is 2.32. The molecule has 1 N–H and O–H groups in total. The number of carbonyl (C=O) groups excluding carboxylic acids is 1. The Balaban J connectivity index is 1.72. The van der Waals surface area contributed by atoms with Gasteiger partial charge in [0.2, 0.25) is 5.91 Å². The van der Waals surface area contributed by atoms with Crippen LogP contribution in [0.5, 0.6) is 0 Å². The van der Waals surface area contributed by atoms with E-state index in [-0.39, 0.29) is 10.0 Å². The third kappa shape index (κ3) is 5.22. The molecule has 0 saturated carbocycles. The molecule has 0 radical (unpaired) electrons. The summed E-state index contributed by atoms with van der Waals surface area (Å²) in [6.07, 6.45) is 2.84. The second-order valence-corrected chi connectivity index (χ2v) is 7.52. The average molecular weight is 462 g/mol. The van der Waals surface area contributed by atoms with Crippen LogP contribution in [0.15, 0.2) is 53.0 Å². The minimum atomic E-state index is -0.404. The molecule has 0 saturated heterocycles. The van der Waals surface area contributed by atoms with E-state index in [1.165, 1.54) is 24.3 Å². The number of benzene rings is 2. The molecule has 0 bridgehead atoms. The Hall–Kier alpha value is -1.62. The van der Waals surface area contributed by atoms with Gasteiger partial charge in [-0.25, -0.2) is 0 Å². The topological polar surface area (TPSA) is 42.2 Å². The fourth-order valence-corrected chi connectivity index (χ4v) is 3.36. The van der Waals surface area contributed by atoms with Gasteiger partial charge in [0.15, 0.2) is 0 Å². The average Bonchev–Trinajstić information content (AvgIpc) is 3.06. The lowest BCUT2D eigenvalue weighted by atomic mass is 10.2. The number of hydrogen-bond donors (Lipinski definition) is 1. The number of amides is 1. The molecule has 3 aromatic rings. The normalized spacial score (nSPS) is 11.1. The SMILES string of the molecule is O=C(/C=C/c1ccc(-c2cc(Cl)cc(Cl)c2)o1)Nc1cc(Cl)c(Cl)cc1Cl. The fraction of sp³-hybridized carbons (Fsp3) is 0. The van der Waals surface area contributed by atoms with Crippen LogP contribution in [0.2, 0.25) is 25.1 Å². The molecule has 138 valence electrons. The Kier molecular flexibility index (Phi) is 6.40. The highest BCUT2D eigenvalue weighted by atomic mass is 35.5. The van der Waals surface area contributed by atoms with Crippen LogP contribution in [0, 0.1) is 0 Å². The van der Waals surface area contributed by atoms with E-state index in [4.69, 9.17) is 62.4 Å². The molecular formula is C19H10Cl5NO2. The second kappa shape index (κ2) is 8.59. The van der Waals surface area contributed by atoms with Crippen molar-refractivity contribution in [3.8, 4) is 11.3 Å². The van der Waals surface area contributed by atoms with Crippen LogP contribution in [0.25, 0.3) is 17.4 Å². The highest BCUT2D eigenvalue weighted by Gasteiger charge is 2.09. The van der Waals surface area contributed by atoms with Crippen LogP contribution in [0.3, 0.4) is 0 Å². The molecule has 0 fully saturated rings. The van der Waals surface area contributed by atoms with Crippen LogP contribution in [0.4, 0.5) is 5.69 Å². The van der Waals surface area contributed by atoms with Crippen molar-refractivity contribution in [3.05, 3.63) is 79.4 Å². The summed E-state index contributed by atoms with van der Waals surface area (Å²) in [7, 11) is 0. The first kappa shape index (κ1) is 20.1. The highest BCUT2D eigenvalue weighted by molar-refractivity contribution is 6.44. The summed E-state index contributed by atoms with van der Waals surface area (Å²) in [6, 6.07) is 11.5. The summed E-state index contributed by atoms with van der Waals surface area (Å²) >= 11 is 29.8. The van der Waals surface area contributed by atoms with Crippen LogP contribution in [0.1, 0.15) is 5.76 Å². The quantitative estimate of drug-likeness (QED) is 0.317. The molecule has 27 heavy (non-hydrogen) atoms. The van der Waals surface area contributed by atoms with Gasteiger partial charge in [-0.3, -0.25) is 4.79 Å². The standard InChI is InChI=1S/C19H10Cl5NO2/c20-11-5-10(6-12(21)7-11)18-3-1-13(27-18)2-4-19(26)25-17-9-15(23)14(22)8-16(17)24/h1-9H,(H,25,26)/b4-2+. The summed E-state index contributed by atoms with van der Waals surface area (Å²) in [4.78, 5) is 12.1. The van der Waals surface area contributed by atoms with Gasteiger partial charge in [0.05, 0.1) is 20.8 Å². The van der Waals surface area contributed by atoms with Gasteiger partial charge in [0.25, 0.3) is 0 Å². The predicted molar refractivity (Wildman–Crippen MR) is 113 cm³/mol. The lowest BCUT2D eigenvalue weighted by molar-refractivity contribution is -0.111. The van der Waals surface area contributed by atoms with Crippen molar-refractivity contribution in [2.45, 2.75) is 0 Å². The van der Waals surface area contributed by atoms with Crippen molar-refractivity contribution >= 4 is 75.7 Å². The maximum absolute atomic E-state index is 12.1. The third-order valence-corrected chi connectivity index (χ3v) is 4.91. The smallest absolute Gasteiger partial charge is 0.248 e. The number of furan rings is 1. The maximum atomic E-state index is 12.1. The molecule has 0 spiro atoms. The summed E-state index contributed by atoms with van der Waals surface area (Å²) in [5.41, 5.74) is 1.09. The van der Waals surface area contributed by atoms with E-state index in [2.05, 4.69) is 5.32 Å². The minimum Gasteiger partial charge on any atom is -0.457 e. The number of anilines is 1. The largest absolute Gasteiger partial charge is 0.457 e. The molecule has 1 heterocycles. The van der Waals surface area contributed by atoms with Gasteiger partial charge >= 0.3 is 0 Å². The van der Waals surface area contributed by atoms with Crippen molar-refractivity contribution < 1.29 is 9.21 Å². The number of rotatable bonds is 4. The maximum Gasteiger partial charge on any atom is 0.248 e. The van der Waals surface area contributed by atoms with Crippen molar-refractivity contribution in [1.82, 2.24) is 0 Å². The van der Waals surface area contributed by atoms with Gasteiger partial charge in [-0.1, -0.05) is 58.0 Å². The summed E-state index contributed by atoms with van der Waals surface area (Å²) in [6.45, 7) is 0. The zero-order valence-corrected chi connectivity index (χ0v) is 17.2. The first-order valence-corrected chi connectivity index (χ1v) is 9.41.